The lowest BCUT2D eigenvalue weighted by Crippen LogP contribution is -2.46. The number of hydrogen-bond donors (Lipinski definition) is 1. The molecule has 0 radical (unpaired) electrons. The molecule has 0 aromatic carbocycles. The van der Waals surface area contributed by atoms with E-state index in [-0.39, 0.29) is 6.54 Å². The molecule has 0 atom stereocenters. The van der Waals surface area contributed by atoms with Crippen molar-refractivity contribution in [3.63, 3.8) is 0 Å². The van der Waals surface area contributed by atoms with Gasteiger partial charge in [-0.2, -0.15) is 0 Å². The molecule has 0 aromatic rings. The Labute approximate surface area is 114 Å². The van der Waals surface area contributed by atoms with E-state index in [0.717, 1.165) is 19.3 Å². The fourth-order valence-corrected chi connectivity index (χ4v) is 4.11. The fourth-order valence-electron chi connectivity index (χ4n) is 2.61. The van der Waals surface area contributed by atoms with Crippen molar-refractivity contribution in [3.05, 3.63) is 0 Å². The Balaban J connectivity index is 1.82. The molecule has 2 fully saturated rings. The van der Waals surface area contributed by atoms with Gasteiger partial charge in [0.05, 0.1) is 25.0 Å². The maximum atomic E-state index is 12.1. The van der Waals surface area contributed by atoms with Gasteiger partial charge in [-0.3, -0.25) is 14.4 Å². The first-order valence-electron chi connectivity index (χ1n) is 6.92. The minimum Gasteiger partial charge on any atom is -0.379 e. The molecule has 0 bridgehead atoms. The summed E-state index contributed by atoms with van der Waals surface area (Å²) in [6, 6.07) is 0. The third-order valence-corrected chi connectivity index (χ3v) is 5.58. The van der Waals surface area contributed by atoms with E-state index in [1.165, 1.54) is 0 Å². The van der Waals surface area contributed by atoms with Crippen LogP contribution in [-0.2, 0) is 19.6 Å². The topological polar surface area (TPSA) is 75.7 Å². The summed E-state index contributed by atoms with van der Waals surface area (Å²) >= 11 is 0. The highest BCUT2D eigenvalue weighted by Crippen LogP contribution is 2.22. The van der Waals surface area contributed by atoms with E-state index in [1.807, 2.05) is 4.90 Å². The fraction of sp³-hybridized carbons (Fsp3) is 0.917. The summed E-state index contributed by atoms with van der Waals surface area (Å²) in [7, 11) is -3.49. The number of ether oxygens (including phenoxy) is 1. The summed E-state index contributed by atoms with van der Waals surface area (Å²) < 4.78 is 31.5. The summed E-state index contributed by atoms with van der Waals surface area (Å²) in [6.07, 6.45) is 4.29. The van der Waals surface area contributed by atoms with Crippen LogP contribution in [0.2, 0.25) is 0 Å². The van der Waals surface area contributed by atoms with Crippen molar-refractivity contribution in [1.29, 1.82) is 0 Å². The van der Waals surface area contributed by atoms with Gasteiger partial charge in [0, 0.05) is 13.1 Å². The number of nitrogens with zero attached hydrogens (tertiary/aromatic N) is 1. The molecule has 1 aliphatic carbocycles. The summed E-state index contributed by atoms with van der Waals surface area (Å²) in [5.74, 6) is -0.424. The Morgan fingerprint density at radius 3 is 2.42 bits per heavy atom. The molecule has 1 heterocycles. The average molecular weight is 290 g/mol. The van der Waals surface area contributed by atoms with Crippen molar-refractivity contribution in [2.24, 2.45) is 0 Å². The summed E-state index contributed by atoms with van der Waals surface area (Å²) in [6.45, 7) is 2.69. The van der Waals surface area contributed by atoms with Crippen molar-refractivity contribution in [2.75, 3.05) is 32.8 Å². The second-order valence-corrected chi connectivity index (χ2v) is 7.18. The highest BCUT2D eigenvalue weighted by Gasteiger charge is 2.29. The van der Waals surface area contributed by atoms with Gasteiger partial charge in [0.2, 0.25) is 15.9 Å². The molecular formula is C12H22N2O4S. The third kappa shape index (κ3) is 4.43. The van der Waals surface area contributed by atoms with Gasteiger partial charge < -0.3 is 4.74 Å². The van der Waals surface area contributed by atoms with Crippen LogP contribution in [0, 0.1) is 0 Å². The molecule has 0 unspecified atom stereocenters. The van der Waals surface area contributed by atoms with E-state index < -0.39 is 21.2 Å². The van der Waals surface area contributed by atoms with E-state index in [0.29, 0.717) is 39.1 Å². The first kappa shape index (κ1) is 14.7. The van der Waals surface area contributed by atoms with Crippen molar-refractivity contribution in [3.8, 4) is 0 Å². The van der Waals surface area contributed by atoms with Gasteiger partial charge in [0.15, 0.2) is 0 Å². The van der Waals surface area contributed by atoms with Gasteiger partial charge in [-0.15, -0.1) is 0 Å². The van der Waals surface area contributed by atoms with Gasteiger partial charge in [-0.25, -0.2) is 8.42 Å². The van der Waals surface area contributed by atoms with Gasteiger partial charge in [0.25, 0.3) is 0 Å². The number of rotatable bonds is 4. The van der Waals surface area contributed by atoms with E-state index in [4.69, 9.17) is 4.74 Å². The van der Waals surface area contributed by atoms with Crippen LogP contribution in [0.1, 0.15) is 32.1 Å². The second-order valence-electron chi connectivity index (χ2n) is 5.22. The zero-order valence-corrected chi connectivity index (χ0v) is 12.0. The van der Waals surface area contributed by atoms with E-state index >= 15 is 0 Å². The normalized spacial score (nSPS) is 23.2. The highest BCUT2D eigenvalue weighted by molar-refractivity contribution is 7.90. The number of hydrogen-bond acceptors (Lipinski definition) is 5. The summed E-state index contributed by atoms with van der Waals surface area (Å²) in [5.41, 5.74) is 0. The van der Waals surface area contributed by atoms with E-state index in [1.54, 1.807) is 0 Å². The maximum Gasteiger partial charge on any atom is 0.247 e. The van der Waals surface area contributed by atoms with Crippen LogP contribution in [0.5, 0.6) is 0 Å². The van der Waals surface area contributed by atoms with Crippen molar-refractivity contribution in [2.45, 2.75) is 37.4 Å². The lowest BCUT2D eigenvalue weighted by Gasteiger charge is -2.26. The molecule has 6 nitrogen and oxygen atoms in total. The van der Waals surface area contributed by atoms with Crippen LogP contribution in [-0.4, -0.2) is 57.3 Å². The molecule has 1 aliphatic heterocycles. The van der Waals surface area contributed by atoms with Crippen molar-refractivity contribution >= 4 is 15.9 Å². The lowest BCUT2D eigenvalue weighted by molar-refractivity contribution is -0.121. The molecule has 2 rings (SSSR count). The number of carbonyl (C=O) groups is 1. The van der Waals surface area contributed by atoms with Crippen LogP contribution >= 0.6 is 0 Å². The predicted molar refractivity (Wildman–Crippen MR) is 71.2 cm³/mol. The minimum atomic E-state index is -3.49. The molecule has 1 saturated heterocycles. The molecule has 0 aromatic heterocycles. The molecule has 1 saturated carbocycles. The Bertz CT molecular complexity index is 398. The van der Waals surface area contributed by atoms with Gasteiger partial charge in [-0.1, -0.05) is 19.3 Å². The smallest absolute Gasteiger partial charge is 0.247 e. The van der Waals surface area contributed by atoms with Crippen LogP contribution in [0.25, 0.3) is 0 Å². The van der Waals surface area contributed by atoms with E-state index in [2.05, 4.69) is 4.72 Å². The van der Waals surface area contributed by atoms with Gasteiger partial charge in [-0.05, 0) is 12.8 Å². The molecule has 1 amide bonds. The zero-order chi connectivity index (χ0) is 13.7. The number of carbonyl (C=O) groups excluding carboxylic acids is 1. The third-order valence-electron chi connectivity index (χ3n) is 3.72. The quantitative estimate of drug-likeness (QED) is 0.794. The highest BCUT2D eigenvalue weighted by atomic mass is 32.2. The SMILES string of the molecule is O=C(CN1CCOCC1)NS(=O)(=O)C1CCCCC1. The van der Waals surface area contributed by atoms with Crippen LogP contribution in [0.4, 0.5) is 0 Å². The molecule has 19 heavy (non-hydrogen) atoms. The Morgan fingerprint density at radius 1 is 1.16 bits per heavy atom. The Hall–Kier alpha value is -0.660. The van der Waals surface area contributed by atoms with Crippen LogP contribution in [0.15, 0.2) is 0 Å². The molecule has 0 spiro atoms. The monoisotopic (exact) mass is 290 g/mol. The molecular weight excluding hydrogens is 268 g/mol. The summed E-state index contributed by atoms with van der Waals surface area (Å²) in [4.78, 5) is 13.7. The average Bonchev–Trinajstić information content (AvgIpc) is 2.40. The number of morpholine rings is 1. The molecule has 110 valence electrons. The first-order valence-corrected chi connectivity index (χ1v) is 8.47. The van der Waals surface area contributed by atoms with Gasteiger partial charge >= 0.3 is 0 Å². The number of sulfonamides is 1. The molecule has 7 heteroatoms. The van der Waals surface area contributed by atoms with Crippen molar-refractivity contribution in [1.82, 2.24) is 9.62 Å². The lowest BCUT2D eigenvalue weighted by atomic mass is 10.0. The van der Waals surface area contributed by atoms with Crippen molar-refractivity contribution < 1.29 is 17.9 Å². The minimum absolute atomic E-state index is 0.134. The maximum absolute atomic E-state index is 12.1. The predicted octanol–water partition coefficient (Wildman–Crippen LogP) is 0.0973. The first-order chi connectivity index (χ1) is 9.08. The second kappa shape index (κ2) is 6.67. The van der Waals surface area contributed by atoms with Gasteiger partial charge in [0.1, 0.15) is 0 Å². The number of amides is 1. The summed E-state index contributed by atoms with van der Waals surface area (Å²) in [5, 5.41) is -0.394. The largest absolute Gasteiger partial charge is 0.379 e. The Morgan fingerprint density at radius 2 is 1.79 bits per heavy atom. The zero-order valence-electron chi connectivity index (χ0n) is 11.1. The molecule has 2 aliphatic rings. The standard InChI is InChI=1S/C12H22N2O4S/c15-12(10-14-6-8-18-9-7-14)13-19(16,17)11-4-2-1-3-5-11/h11H,1-10H2,(H,13,15). The van der Waals surface area contributed by atoms with E-state index in [9.17, 15) is 13.2 Å². The van der Waals surface area contributed by atoms with Crippen LogP contribution in [0.3, 0.4) is 0 Å². The Kier molecular flexibility index (Phi) is 5.18. The number of nitrogens with one attached hydrogen (secondary N) is 1. The van der Waals surface area contributed by atoms with Crippen LogP contribution < -0.4 is 4.72 Å². The molecule has 1 N–H and O–H groups in total.